The first kappa shape index (κ1) is 19.5. The van der Waals surface area contributed by atoms with E-state index < -0.39 is 0 Å². The number of hydrogen-bond donors (Lipinski definition) is 1. The molecule has 0 atom stereocenters. The molecule has 0 aliphatic carbocycles. The zero-order valence-electron chi connectivity index (χ0n) is 17.1. The summed E-state index contributed by atoms with van der Waals surface area (Å²) in [4.78, 5) is 22.3. The first-order chi connectivity index (χ1) is 15.8. The Bertz CT molecular complexity index is 1390. The first-order valence-corrected chi connectivity index (χ1v) is 10.2. The average molecular weight is 417 g/mol. The van der Waals surface area contributed by atoms with Crippen molar-refractivity contribution in [1.82, 2.24) is 9.97 Å². The molecule has 154 valence electrons. The van der Waals surface area contributed by atoms with Crippen molar-refractivity contribution in [3.63, 3.8) is 0 Å². The first-order valence-electron chi connectivity index (χ1n) is 10.2. The second-order valence-corrected chi connectivity index (χ2v) is 7.18. The minimum absolute atomic E-state index is 0.238. The molecule has 0 fully saturated rings. The number of pyridine rings is 2. The van der Waals surface area contributed by atoms with Gasteiger partial charge in [0.05, 0.1) is 22.5 Å². The summed E-state index contributed by atoms with van der Waals surface area (Å²) in [5.41, 5.74) is 3.40. The van der Waals surface area contributed by atoms with E-state index in [1.807, 2.05) is 91.0 Å². The van der Waals surface area contributed by atoms with E-state index in [9.17, 15) is 4.79 Å². The highest BCUT2D eigenvalue weighted by atomic mass is 16.5. The number of carbonyl (C=O) groups excluding carboxylic acids is 1. The summed E-state index contributed by atoms with van der Waals surface area (Å²) in [6.07, 6.45) is 3.45. The monoisotopic (exact) mass is 417 g/mol. The predicted molar refractivity (Wildman–Crippen MR) is 126 cm³/mol. The number of fused-ring (bicyclic) bond motifs is 1. The molecule has 1 N–H and O–H groups in total. The van der Waals surface area contributed by atoms with Gasteiger partial charge in [0.25, 0.3) is 5.91 Å². The zero-order chi connectivity index (χ0) is 21.8. The molecule has 0 bridgehead atoms. The number of hydrogen-bond acceptors (Lipinski definition) is 4. The Hall–Kier alpha value is -4.51. The van der Waals surface area contributed by atoms with E-state index in [1.165, 1.54) is 0 Å². The molecule has 32 heavy (non-hydrogen) atoms. The van der Waals surface area contributed by atoms with Crippen LogP contribution in [0.15, 0.2) is 109 Å². The van der Waals surface area contributed by atoms with Crippen LogP contribution in [-0.2, 0) is 0 Å². The van der Waals surface area contributed by atoms with Gasteiger partial charge in [-0.15, -0.1) is 0 Å². The molecule has 0 spiro atoms. The Labute approximate surface area is 185 Å². The van der Waals surface area contributed by atoms with Gasteiger partial charge in [-0.05, 0) is 48.5 Å². The Kier molecular flexibility index (Phi) is 5.29. The number of nitrogens with zero attached hydrogens (tertiary/aromatic N) is 2. The second kappa shape index (κ2) is 8.70. The van der Waals surface area contributed by atoms with Gasteiger partial charge in [0.2, 0.25) is 0 Å². The number of carbonyl (C=O) groups is 1. The number of para-hydroxylation sites is 4. The summed E-state index contributed by atoms with van der Waals surface area (Å²) in [5, 5.41) is 3.79. The Morgan fingerprint density at radius 1 is 0.812 bits per heavy atom. The van der Waals surface area contributed by atoms with E-state index in [-0.39, 0.29) is 5.91 Å². The normalized spacial score (nSPS) is 10.6. The summed E-state index contributed by atoms with van der Waals surface area (Å²) in [6, 6.07) is 30.0. The van der Waals surface area contributed by atoms with Crippen LogP contribution in [0.1, 0.15) is 10.4 Å². The molecule has 5 rings (SSSR count). The maximum Gasteiger partial charge on any atom is 0.256 e. The minimum Gasteiger partial charge on any atom is -0.455 e. The van der Waals surface area contributed by atoms with Gasteiger partial charge in [-0.25, -0.2) is 4.98 Å². The largest absolute Gasteiger partial charge is 0.455 e. The number of amides is 1. The fourth-order valence-electron chi connectivity index (χ4n) is 3.49. The van der Waals surface area contributed by atoms with Crippen molar-refractivity contribution < 1.29 is 9.53 Å². The maximum absolute atomic E-state index is 13.4. The van der Waals surface area contributed by atoms with Crippen molar-refractivity contribution in [2.75, 3.05) is 5.32 Å². The van der Waals surface area contributed by atoms with E-state index in [2.05, 4.69) is 10.3 Å². The number of rotatable bonds is 5. The highest BCUT2D eigenvalue weighted by Gasteiger charge is 2.16. The molecular formula is C27H19N3O2. The average Bonchev–Trinajstić information content (AvgIpc) is 2.85. The number of anilines is 1. The van der Waals surface area contributed by atoms with Crippen molar-refractivity contribution in [1.29, 1.82) is 0 Å². The highest BCUT2D eigenvalue weighted by Crippen LogP contribution is 2.31. The number of ether oxygens (including phenoxy) is 1. The van der Waals surface area contributed by atoms with Crippen molar-refractivity contribution in [2.45, 2.75) is 0 Å². The number of aromatic nitrogens is 2. The molecule has 0 aliphatic rings. The van der Waals surface area contributed by atoms with Crippen molar-refractivity contribution >= 4 is 22.5 Å². The van der Waals surface area contributed by atoms with Crippen LogP contribution in [0.4, 0.5) is 5.69 Å². The summed E-state index contributed by atoms with van der Waals surface area (Å²) < 4.78 is 5.99. The Balaban J connectivity index is 1.52. The van der Waals surface area contributed by atoms with E-state index in [0.717, 1.165) is 16.5 Å². The molecule has 3 aromatic carbocycles. The number of benzene rings is 3. The van der Waals surface area contributed by atoms with Crippen molar-refractivity contribution in [3.8, 4) is 22.8 Å². The van der Waals surface area contributed by atoms with Gasteiger partial charge in [-0.3, -0.25) is 9.78 Å². The molecule has 5 heteroatoms. The van der Waals surface area contributed by atoms with Crippen LogP contribution in [0.5, 0.6) is 11.5 Å². The van der Waals surface area contributed by atoms with E-state index in [4.69, 9.17) is 9.72 Å². The zero-order valence-corrected chi connectivity index (χ0v) is 17.1. The lowest BCUT2D eigenvalue weighted by Crippen LogP contribution is -2.13. The molecule has 0 aliphatic heterocycles. The molecular weight excluding hydrogens is 398 g/mol. The molecule has 0 saturated carbocycles. The van der Waals surface area contributed by atoms with E-state index in [0.29, 0.717) is 28.4 Å². The molecule has 2 heterocycles. The van der Waals surface area contributed by atoms with Crippen LogP contribution in [-0.4, -0.2) is 15.9 Å². The van der Waals surface area contributed by atoms with Gasteiger partial charge >= 0.3 is 0 Å². The molecule has 0 radical (unpaired) electrons. The third-order valence-electron chi connectivity index (χ3n) is 5.02. The van der Waals surface area contributed by atoms with Gasteiger partial charge in [0, 0.05) is 23.3 Å². The lowest BCUT2D eigenvalue weighted by molar-refractivity contribution is 0.102. The summed E-state index contributed by atoms with van der Waals surface area (Å²) >= 11 is 0. The van der Waals surface area contributed by atoms with E-state index >= 15 is 0 Å². The van der Waals surface area contributed by atoms with Crippen molar-refractivity contribution in [3.05, 3.63) is 115 Å². The van der Waals surface area contributed by atoms with Gasteiger partial charge in [0.1, 0.15) is 5.75 Å². The van der Waals surface area contributed by atoms with Gasteiger partial charge in [-0.1, -0.05) is 48.5 Å². The molecule has 1 amide bonds. The second-order valence-electron chi connectivity index (χ2n) is 7.18. The fraction of sp³-hybridized carbons (Fsp3) is 0. The van der Waals surface area contributed by atoms with E-state index in [1.54, 1.807) is 18.5 Å². The third-order valence-corrected chi connectivity index (χ3v) is 5.02. The lowest BCUT2D eigenvalue weighted by Gasteiger charge is -2.14. The van der Waals surface area contributed by atoms with Crippen LogP contribution in [0.3, 0.4) is 0 Å². The molecule has 2 aromatic heterocycles. The Morgan fingerprint density at radius 2 is 1.59 bits per heavy atom. The standard InChI is InChI=1S/C27H19N3O2/c31-27(30-24-14-6-7-15-26(24)32-20-10-2-1-3-11-20)22-17-25(19-9-8-16-28-18-19)29-23-13-5-4-12-21(22)23/h1-18H,(H,30,31). The summed E-state index contributed by atoms with van der Waals surface area (Å²) in [6.45, 7) is 0. The number of nitrogens with one attached hydrogen (secondary N) is 1. The van der Waals surface area contributed by atoms with Crippen LogP contribution < -0.4 is 10.1 Å². The fourth-order valence-corrected chi connectivity index (χ4v) is 3.49. The smallest absolute Gasteiger partial charge is 0.256 e. The molecule has 0 saturated heterocycles. The van der Waals surface area contributed by atoms with Crippen LogP contribution >= 0.6 is 0 Å². The summed E-state index contributed by atoms with van der Waals surface area (Å²) in [7, 11) is 0. The van der Waals surface area contributed by atoms with Crippen LogP contribution in [0, 0.1) is 0 Å². The van der Waals surface area contributed by atoms with Gasteiger partial charge in [-0.2, -0.15) is 0 Å². The molecule has 5 nitrogen and oxygen atoms in total. The maximum atomic E-state index is 13.4. The Morgan fingerprint density at radius 3 is 2.44 bits per heavy atom. The lowest BCUT2D eigenvalue weighted by atomic mass is 10.0. The van der Waals surface area contributed by atoms with Gasteiger partial charge in [0.15, 0.2) is 5.75 Å². The highest BCUT2D eigenvalue weighted by molar-refractivity contribution is 6.13. The third kappa shape index (κ3) is 4.04. The summed E-state index contributed by atoms with van der Waals surface area (Å²) in [5.74, 6) is 1.03. The molecule has 0 unspecified atom stereocenters. The predicted octanol–water partition coefficient (Wildman–Crippen LogP) is 6.34. The van der Waals surface area contributed by atoms with Gasteiger partial charge < -0.3 is 10.1 Å². The SMILES string of the molecule is O=C(Nc1ccccc1Oc1ccccc1)c1cc(-c2cccnc2)nc2ccccc12. The van der Waals surface area contributed by atoms with Crippen molar-refractivity contribution in [2.24, 2.45) is 0 Å². The quantitative estimate of drug-likeness (QED) is 0.362. The minimum atomic E-state index is -0.238. The molecule has 5 aromatic rings. The van der Waals surface area contributed by atoms with Crippen LogP contribution in [0.25, 0.3) is 22.2 Å². The topological polar surface area (TPSA) is 64.1 Å². The van der Waals surface area contributed by atoms with Crippen LogP contribution in [0.2, 0.25) is 0 Å².